The van der Waals surface area contributed by atoms with Gasteiger partial charge in [0.05, 0.1) is 5.37 Å². The fourth-order valence-electron chi connectivity index (χ4n) is 1.11. The van der Waals surface area contributed by atoms with E-state index in [1.165, 1.54) is 5.75 Å². The van der Waals surface area contributed by atoms with Crippen molar-refractivity contribution in [1.82, 2.24) is 20.1 Å². The van der Waals surface area contributed by atoms with Crippen molar-refractivity contribution in [2.24, 2.45) is 0 Å². The smallest absolute Gasteiger partial charge is 0.119 e. The molecule has 0 bridgehead atoms. The standard InChI is InChI=1S/C6H10N4S/c1-2-11-6(7-1)3-10-4-8-9-5-10/h4-7H,1-3H2. The first kappa shape index (κ1) is 7.12. The Morgan fingerprint density at radius 1 is 1.55 bits per heavy atom. The van der Waals surface area contributed by atoms with Crippen LogP contribution >= 0.6 is 11.8 Å². The molecule has 2 heterocycles. The van der Waals surface area contributed by atoms with Gasteiger partial charge in [-0.05, 0) is 0 Å². The van der Waals surface area contributed by atoms with Crippen molar-refractivity contribution < 1.29 is 0 Å². The van der Waals surface area contributed by atoms with Crippen LogP contribution in [0.3, 0.4) is 0 Å². The van der Waals surface area contributed by atoms with Crippen LogP contribution in [0.4, 0.5) is 0 Å². The molecule has 5 heteroatoms. The molecule has 0 saturated carbocycles. The van der Waals surface area contributed by atoms with Crippen molar-refractivity contribution in [1.29, 1.82) is 0 Å². The quantitative estimate of drug-likeness (QED) is 0.675. The molecule has 0 aliphatic carbocycles. The fraction of sp³-hybridized carbons (Fsp3) is 0.667. The first-order valence-corrected chi connectivity index (χ1v) is 4.67. The molecular formula is C6H10N4S. The van der Waals surface area contributed by atoms with Gasteiger partial charge in [0.2, 0.25) is 0 Å². The Kier molecular flexibility index (Phi) is 2.09. The molecule has 0 spiro atoms. The van der Waals surface area contributed by atoms with E-state index in [9.17, 15) is 0 Å². The van der Waals surface area contributed by atoms with Crippen molar-refractivity contribution in [3.63, 3.8) is 0 Å². The van der Waals surface area contributed by atoms with Crippen molar-refractivity contribution in [3.05, 3.63) is 12.7 Å². The lowest BCUT2D eigenvalue weighted by molar-refractivity contribution is 0.595. The van der Waals surface area contributed by atoms with Gasteiger partial charge in [0.1, 0.15) is 12.7 Å². The summed E-state index contributed by atoms with van der Waals surface area (Å²) in [5.41, 5.74) is 0. The van der Waals surface area contributed by atoms with E-state index in [1.54, 1.807) is 12.7 Å². The van der Waals surface area contributed by atoms with Gasteiger partial charge in [-0.15, -0.1) is 22.0 Å². The molecule has 2 rings (SSSR count). The van der Waals surface area contributed by atoms with E-state index in [4.69, 9.17) is 0 Å². The van der Waals surface area contributed by atoms with Crippen molar-refractivity contribution >= 4 is 11.8 Å². The normalized spacial score (nSPS) is 24.2. The van der Waals surface area contributed by atoms with Gasteiger partial charge >= 0.3 is 0 Å². The van der Waals surface area contributed by atoms with E-state index < -0.39 is 0 Å². The molecule has 11 heavy (non-hydrogen) atoms. The van der Waals surface area contributed by atoms with Crippen LogP contribution in [0.15, 0.2) is 12.7 Å². The van der Waals surface area contributed by atoms with Crippen molar-refractivity contribution in [3.8, 4) is 0 Å². The Morgan fingerprint density at radius 3 is 3.00 bits per heavy atom. The highest BCUT2D eigenvalue weighted by atomic mass is 32.2. The predicted molar refractivity (Wildman–Crippen MR) is 44.3 cm³/mol. The molecule has 1 saturated heterocycles. The summed E-state index contributed by atoms with van der Waals surface area (Å²) in [6.45, 7) is 2.09. The monoisotopic (exact) mass is 170 g/mol. The molecule has 1 atom stereocenters. The van der Waals surface area contributed by atoms with Crippen LogP contribution in [0.25, 0.3) is 0 Å². The van der Waals surface area contributed by atoms with Crippen molar-refractivity contribution in [2.75, 3.05) is 12.3 Å². The minimum atomic E-state index is 0.547. The van der Waals surface area contributed by atoms with E-state index in [-0.39, 0.29) is 0 Å². The molecule has 0 amide bonds. The molecular weight excluding hydrogens is 160 g/mol. The van der Waals surface area contributed by atoms with Gasteiger partial charge in [-0.3, -0.25) is 0 Å². The Morgan fingerprint density at radius 2 is 2.36 bits per heavy atom. The number of nitrogens with one attached hydrogen (secondary N) is 1. The third-order valence-electron chi connectivity index (χ3n) is 1.64. The van der Waals surface area contributed by atoms with Crippen LogP contribution in [0.5, 0.6) is 0 Å². The van der Waals surface area contributed by atoms with E-state index >= 15 is 0 Å². The van der Waals surface area contributed by atoms with Crippen LogP contribution in [0.2, 0.25) is 0 Å². The molecule has 4 nitrogen and oxygen atoms in total. The highest BCUT2D eigenvalue weighted by Gasteiger charge is 2.14. The van der Waals surface area contributed by atoms with E-state index in [0.717, 1.165) is 13.1 Å². The van der Waals surface area contributed by atoms with Gasteiger partial charge in [0.15, 0.2) is 0 Å². The van der Waals surface area contributed by atoms with E-state index in [1.807, 2.05) is 16.3 Å². The maximum Gasteiger partial charge on any atom is 0.119 e. The Labute approximate surface area is 69.4 Å². The summed E-state index contributed by atoms with van der Waals surface area (Å²) >= 11 is 1.95. The summed E-state index contributed by atoms with van der Waals surface area (Å²) in [5, 5.41) is 11.4. The van der Waals surface area contributed by atoms with Crippen LogP contribution in [-0.4, -0.2) is 32.4 Å². The third kappa shape index (κ3) is 1.72. The highest BCUT2D eigenvalue weighted by Crippen LogP contribution is 2.14. The lowest BCUT2D eigenvalue weighted by atomic mass is 10.6. The Hall–Kier alpha value is -0.550. The fourth-order valence-corrected chi connectivity index (χ4v) is 2.14. The SMILES string of the molecule is c1nncn1CC1NCCS1. The lowest BCUT2D eigenvalue weighted by Crippen LogP contribution is -2.24. The van der Waals surface area contributed by atoms with Gasteiger partial charge in [-0.1, -0.05) is 0 Å². The maximum absolute atomic E-state index is 3.74. The van der Waals surface area contributed by atoms with Crippen LogP contribution in [-0.2, 0) is 6.54 Å². The Bertz CT molecular complexity index is 204. The third-order valence-corrected chi connectivity index (χ3v) is 2.79. The van der Waals surface area contributed by atoms with Gasteiger partial charge in [0, 0.05) is 18.8 Å². The van der Waals surface area contributed by atoms with Gasteiger partial charge in [0.25, 0.3) is 0 Å². The average Bonchev–Trinajstić information content (AvgIpc) is 2.60. The predicted octanol–water partition coefficient (Wildman–Crippen LogP) is -0.0594. The number of hydrogen-bond donors (Lipinski definition) is 1. The van der Waals surface area contributed by atoms with Gasteiger partial charge in [-0.25, -0.2) is 0 Å². The zero-order chi connectivity index (χ0) is 7.52. The second-order valence-electron chi connectivity index (χ2n) is 2.47. The summed E-state index contributed by atoms with van der Waals surface area (Å²) in [6.07, 6.45) is 3.50. The van der Waals surface area contributed by atoms with Crippen LogP contribution in [0.1, 0.15) is 0 Å². The van der Waals surface area contributed by atoms with Gasteiger partial charge in [-0.2, -0.15) is 0 Å². The minimum absolute atomic E-state index is 0.547. The number of rotatable bonds is 2. The Balaban J connectivity index is 1.90. The first-order chi connectivity index (χ1) is 5.45. The first-order valence-electron chi connectivity index (χ1n) is 3.62. The molecule has 0 radical (unpaired) electrons. The molecule has 1 aliphatic rings. The number of thioether (sulfide) groups is 1. The average molecular weight is 170 g/mol. The number of hydrogen-bond acceptors (Lipinski definition) is 4. The molecule has 0 aromatic carbocycles. The summed E-state index contributed by atoms with van der Waals surface area (Å²) in [4.78, 5) is 0. The summed E-state index contributed by atoms with van der Waals surface area (Å²) in [6, 6.07) is 0. The molecule has 1 aromatic rings. The summed E-state index contributed by atoms with van der Waals surface area (Å²) < 4.78 is 2.00. The second-order valence-corrected chi connectivity index (χ2v) is 3.78. The second kappa shape index (κ2) is 3.23. The molecule has 1 aromatic heterocycles. The van der Waals surface area contributed by atoms with E-state index in [2.05, 4.69) is 15.5 Å². The molecule has 1 unspecified atom stereocenters. The zero-order valence-electron chi connectivity index (χ0n) is 6.10. The largest absolute Gasteiger partial charge is 0.318 e. The van der Waals surface area contributed by atoms with Crippen LogP contribution < -0.4 is 5.32 Å². The van der Waals surface area contributed by atoms with Gasteiger partial charge < -0.3 is 9.88 Å². The molecule has 60 valence electrons. The lowest BCUT2D eigenvalue weighted by Gasteiger charge is -2.08. The topological polar surface area (TPSA) is 42.7 Å². The minimum Gasteiger partial charge on any atom is -0.318 e. The molecule has 1 fully saturated rings. The number of aromatic nitrogens is 3. The number of nitrogens with zero attached hydrogens (tertiary/aromatic N) is 3. The highest BCUT2D eigenvalue weighted by molar-refractivity contribution is 8.00. The maximum atomic E-state index is 3.74. The van der Waals surface area contributed by atoms with E-state index in [0.29, 0.717) is 5.37 Å². The molecule has 1 N–H and O–H groups in total. The summed E-state index contributed by atoms with van der Waals surface area (Å²) in [7, 11) is 0. The zero-order valence-corrected chi connectivity index (χ0v) is 6.92. The van der Waals surface area contributed by atoms with Crippen molar-refractivity contribution in [2.45, 2.75) is 11.9 Å². The van der Waals surface area contributed by atoms with Crippen LogP contribution in [0, 0.1) is 0 Å². The molecule has 1 aliphatic heterocycles. The summed E-state index contributed by atoms with van der Waals surface area (Å²) in [5.74, 6) is 1.22.